The van der Waals surface area contributed by atoms with Gasteiger partial charge in [-0.2, -0.15) is 4.98 Å². The lowest BCUT2D eigenvalue weighted by molar-refractivity contribution is 0.285. The van der Waals surface area contributed by atoms with E-state index in [2.05, 4.69) is 57.5 Å². The molecule has 1 saturated heterocycles. The summed E-state index contributed by atoms with van der Waals surface area (Å²) >= 11 is 0. The molecule has 1 aromatic heterocycles. The molecular formula is C22H27ClN4O2. The first-order valence-corrected chi connectivity index (χ1v) is 9.69. The molecule has 0 bridgehead atoms. The third kappa shape index (κ3) is 5.35. The molecule has 4 rings (SSSR count). The van der Waals surface area contributed by atoms with Crippen LogP contribution in [0.3, 0.4) is 0 Å². The van der Waals surface area contributed by atoms with E-state index in [0.29, 0.717) is 30.2 Å². The molecule has 7 heteroatoms. The van der Waals surface area contributed by atoms with Crippen LogP contribution in [0.1, 0.15) is 28.8 Å². The number of aryl methyl sites for hydroxylation is 1. The third-order valence-electron chi connectivity index (χ3n) is 5.31. The minimum atomic E-state index is 0. The highest BCUT2D eigenvalue weighted by Gasteiger charge is 2.32. The van der Waals surface area contributed by atoms with Gasteiger partial charge in [-0.05, 0) is 35.7 Å². The van der Waals surface area contributed by atoms with E-state index in [4.69, 9.17) is 15.0 Å². The molecule has 0 saturated carbocycles. The molecule has 2 atom stereocenters. The van der Waals surface area contributed by atoms with Crippen LogP contribution in [0.25, 0.3) is 0 Å². The summed E-state index contributed by atoms with van der Waals surface area (Å²) in [7, 11) is 0. The van der Waals surface area contributed by atoms with Crippen LogP contribution >= 0.6 is 12.4 Å². The topological polar surface area (TPSA) is 77.4 Å². The Labute approximate surface area is 177 Å². The van der Waals surface area contributed by atoms with E-state index in [1.54, 1.807) is 6.92 Å². The van der Waals surface area contributed by atoms with Crippen LogP contribution in [0.15, 0.2) is 59.1 Å². The first kappa shape index (κ1) is 21.3. The highest BCUT2D eigenvalue weighted by molar-refractivity contribution is 5.85. The van der Waals surface area contributed by atoms with E-state index < -0.39 is 0 Å². The maximum Gasteiger partial charge on any atom is 0.223 e. The standard InChI is InChI=1S/C22H26N4O2.ClH/c1-16-24-22(25-28-16)15-27-20-9-7-17(8-10-20)12-26-13-19(11-23)21(14-26)18-5-3-2-4-6-18;/h2-10,19,21H,11-15,23H2,1H3;1H/t19-,21+;/m1./s1. The summed E-state index contributed by atoms with van der Waals surface area (Å²) in [6.45, 7) is 5.79. The minimum Gasteiger partial charge on any atom is -0.485 e. The number of nitrogens with zero attached hydrogens (tertiary/aromatic N) is 3. The summed E-state index contributed by atoms with van der Waals surface area (Å²) in [4.78, 5) is 6.63. The van der Waals surface area contributed by atoms with Crippen LogP contribution in [-0.2, 0) is 13.2 Å². The predicted molar refractivity (Wildman–Crippen MR) is 114 cm³/mol. The van der Waals surface area contributed by atoms with Gasteiger partial charge in [0, 0.05) is 32.5 Å². The zero-order valence-corrected chi connectivity index (χ0v) is 17.3. The van der Waals surface area contributed by atoms with Crippen molar-refractivity contribution in [3.8, 4) is 5.75 Å². The SMILES string of the molecule is Cc1nc(COc2ccc(CN3C[C@@H](CN)[C@H](c4ccccc4)C3)cc2)no1.Cl. The van der Waals surface area contributed by atoms with Gasteiger partial charge in [-0.15, -0.1) is 12.4 Å². The number of benzene rings is 2. The van der Waals surface area contributed by atoms with Crippen LogP contribution < -0.4 is 10.5 Å². The van der Waals surface area contributed by atoms with Crippen molar-refractivity contribution >= 4 is 12.4 Å². The summed E-state index contributed by atoms with van der Waals surface area (Å²) in [5, 5.41) is 3.84. The second-order valence-corrected chi connectivity index (χ2v) is 7.37. The lowest BCUT2D eigenvalue weighted by atomic mass is 9.89. The van der Waals surface area contributed by atoms with Crippen molar-refractivity contribution < 1.29 is 9.26 Å². The molecule has 154 valence electrons. The summed E-state index contributed by atoms with van der Waals surface area (Å²) in [5.74, 6) is 2.91. The second-order valence-electron chi connectivity index (χ2n) is 7.37. The average molecular weight is 415 g/mol. The van der Waals surface area contributed by atoms with Crippen molar-refractivity contribution in [1.29, 1.82) is 0 Å². The van der Waals surface area contributed by atoms with Crippen LogP contribution in [-0.4, -0.2) is 34.7 Å². The summed E-state index contributed by atoms with van der Waals surface area (Å²) in [6.07, 6.45) is 0. The molecule has 0 amide bonds. The lowest BCUT2D eigenvalue weighted by Crippen LogP contribution is -2.23. The van der Waals surface area contributed by atoms with Crippen molar-refractivity contribution in [3.05, 3.63) is 77.4 Å². The first-order chi connectivity index (χ1) is 13.7. The third-order valence-corrected chi connectivity index (χ3v) is 5.31. The Hall–Kier alpha value is -2.41. The summed E-state index contributed by atoms with van der Waals surface area (Å²) in [5.41, 5.74) is 8.72. The maximum atomic E-state index is 6.06. The molecule has 2 N–H and O–H groups in total. The van der Waals surface area contributed by atoms with Crippen molar-refractivity contribution in [3.63, 3.8) is 0 Å². The zero-order chi connectivity index (χ0) is 19.3. The van der Waals surface area contributed by atoms with Crippen molar-refractivity contribution in [1.82, 2.24) is 15.0 Å². The molecule has 0 radical (unpaired) electrons. The smallest absolute Gasteiger partial charge is 0.223 e. The quantitative estimate of drug-likeness (QED) is 0.637. The normalized spacial score (nSPS) is 19.1. The number of ether oxygens (including phenoxy) is 1. The molecule has 3 aromatic rings. The van der Waals surface area contributed by atoms with Crippen LogP contribution in [0, 0.1) is 12.8 Å². The molecule has 2 heterocycles. The zero-order valence-electron chi connectivity index (χ0n) is 16.5. The van der Waals surface area contributed by atoms with Crippen LogP contribution in [0.2, 0.25) is 0 Å². The Morgan fingerprint density at radius 3 is 2.52 bits per heavy atom. The van der Waals surface area contributed by atoms with E-state index in [-0.39, 0.29) is 12.4 Å². The average Bonchev–Trinajstić information content (AvgIpc) is 3.34. The molecule has 6 nitrogen and oxygen atoms in total. The summed E-state index contributed by atoms with van der Waals surface area (Å²) < 4.78 is 10.7. The van der Waals surface area contributed by atoms with Crippen molar-refractivity contribution in [2.45, 2.75) is 26.0 Å². The van der Waals surface area contributed by atoms with Crippen LogP contribution in [0.5, 0.6) is 5.75 Å². The van der Waals surface area contributed by atoms with E-state index in [0.717, 1.165) is 31.9 Å². The van der Waals surface area contributed by atoms with Gasteiger partial charge in [0.1, 0.15) is 5.75 Å². The number of hydrogen-bond acceptors (Lipinski definition) is 6. The number of nitrogens with two attached hydrogens (primary N) is 1. The lowest BCUT2D eigenvalue weighted by Gasteiger charge is -2.17. The minimum absolute atomic E-state index is 0. The Kier molecular flexibility index (Phi) is 7.25. The Bertz CT molecular complexity index is 885. The molecule has 0 spiro atoms. The Balaban J connectivity index is 0.00000240. The highest BCUT2D eigenvalue weighted by Crippen LogP contribution is 2.32. The predicted octanol–water partition coefficient (Wildman–Crippen LogP) is 3.55. The number of rotatable bonds is 7. The van der Waals surface area contributed by atoms with Crippen LogP contribution in [0.4, 0.5) is 0 Å². The molecule has 1 fully saturated rings. The van der Waals surface area contributed by atoms with Gasteiger partial charge in [0.15, 0.2) is 6.61 Å². The van der Waals surface area contributed by atoms with Crippen molar-refractivity contribution in [2.24, 2.45) is 11.7 Å². The fourth-order valence-electron chi connectivity index (χ4n) is 3.90. The molecule has 0 unspecified atom stereocenters. The van der Waals surface area contributed by atoms with E-state index >= 15 is 0 Å². The van der Waals surface area contributed by atoms with E-state index in [9.17, 15) is 0 Å². The monoisotopic (exact) mass is 414 g/mol. The Morgan fingerprint density at radius 1 is 1.10 bits per heavy atom. The van der Waals surface area contributed by atoms with Gasteiger partial charge in [0.2, 0.25) is 11.7 Å². The van der Waals surface area contributed by atoms with E-state index in [1.165, 1.54) is 11.1 Å². The molecule has 2 aromatic carbocycles. The maximum absolute atomic E-state index is 6.06. The van der Waals surface area contributed by atoms with Gasteiger partial charge >= 0.3 is 0 Å². The molecule has 1 aliphatic heterocycles. The van der Waals surface area contributed by atoms with Gasteiger partial charge in [-0.25, -0.2) is 0 Å². The van der Waals surface area contributed by atoms with E-state index in [1.807, 2.05) is 12.1 Å². The van der Waals surface area contributed by atoms with Gasteiger partial charge in [0.05, 0.1) is 0 Å². The van der Waals surface area contributed by atoms with Gasteiger partial charge in [-0.1, -0.05) is 47.6 Å². The van der Waals surface area contributed by atoms with Gasteiger partial charge < -0.3 is 15.0 Å². The van der Waals surface area contributed by atoms with Gasteiger partial charge in [0.25, 0.3) is 0 Å². The van der Waals surface area contributed by atoms with Crippen molar-refractivity contribution in [2.75, 3.05) is 19.6 Å². The summed E-state index contributed by atoms with van der Waals surface area (Å²) in [6, 6.07) is 18.9. The Morgan fingerprint density at radius 2 is 1.86 bits per heavy atom. The largest absolute Gasteiger partial charge is 0.485 e. The number of hydrogen-bond donors (Lipinski definition) is 1. The number of aromatic nitrogens is 2. The molecular weight excluding hydrogens is 388 g/mol. The molecule has 29 heavy (non-hydrogen) atoms. The fourth-order valence-corrected chi connectivity index (χ4v) is 3.90. The highest BCUT2D eigenvalue weighted by atomic mass is 35.5. The fraction of sp³-hybridized carbons (Fsp3) is 0.364. The first-order valence-electron chi connectivity index (χ1n) is 9.69. The number of halogens is 1. The second kappa shape index (κ2) is 9.87. The number of likely N-dealkylation sites (tertiary alicyclic amines) is 1. The molecule has 0 aliphatic carbocycles. The van der Waals surface area contributed by atoms with Gasteiger partial charge in [-0.3, -0.25) is 4.90 Å². The molecule has 1 aliphatic rings.